The average Bonchev–Trinajstić information content (AvgIpc) is 3.14. The van der Waals surface area contributed by atoms with Crippen LogP contribution in [0.5, 0.6) is 0 Å². The smallest absolute Gasteiger partial charge is 0.243 e. The van der Waals surface area contributed by atoms with Crippen molar-refractivity contribution >= 4 is 22.6 Å². The van der Waals surface area contributed by atoms with Crippen LogP contribution in [-0.2, 0) is 32.2 Å². The lowest BCUT2D eigenvalue weighted by molar-refractivity contribution is -0.253. The topological polar surface area (TPSA) is 120 Å². The highest BCUT2D eigenvalue weighted by Crippen LogP contribution is 2.39. The number of aliphatic hydroxyl groups excluding tert-OH is 1. The fourth-order valence-corrected chi connectivity index (χ4v) is 6.30. The minimum Gasteiger partial charge on any atom is -0.392 e. The predicted octanol–water partition coefficient (Wildman–Crippen LogP) is 7.03. The van der Waals surface area contributed by atoms with Crippen molar-refractivity contribution in [3.63, 3.8) is 0 Å². The minimum atomic E-state index is -0.558. The molecule has 0 aromatic heterocycles. The van der Waals surface area contributed by atoms with Crippen LogP contribution in [0.4, 0.5) is 0 Å². The molecular formula is C40H49N3O6. The molecule has 9 heteroatoms. The number of unbranched alkanes of at least 4 members (excludes halogenated alkanes) is 3. The summed E-state index contributed by atoms with van der Waals surface area (Å²) in [5.74, 6) is -0.385. The molecule has 0 unspecified atom stereocenters. The van der Waals surface area contributed by atoms with Gasteiger partial charge in [0, 0.05) is 44.0 Å². The highest BCUT2D eigenvalue weighted by Gasteiger charge is 2.33. The fraction of sp³-hybridized carbons (Fsp3) is 0.400. The van der Waals surface area contributed by atoms with E-state index < -0.39 is 6.29 Å². The lowest BCUT2D eigenvalue weighted by Crippen LogP contribution is -2.38. The highest BCUT2D eigenvalue weighted by molar-refractivity contribution is 5.83. The molecule has 2 amide bonds. The van der Waals surface area contributed by atoms with Crippen LogP contribution in [0.25, 0.3) is 10.8 Å². The molecule has 4 atom stereocenters. The Bertz CT molecular complexity index is 1640. The third-order valence-electron chi connectivity index (χ3n) is 9.45. The van der Waals surface area contributed by atoms with Crippen LogP contribution >= 0.6 is 0 Å². The summed E-state index contributed by atoms with van der Waals surface area (Å²) in [5.41, 5.74) is 6.71. The molecule has 4 aromatic rings. The summed E-state index contributed by atoms with van der Waals surface area (Å²) < 4.78 is 13.2. The largest absolute Gasteiger partial charge is 0.392 e. The van der Waals surface area contributed by atoms with E-state index in [0.717, 1.165) is 48.1 Å². The molecule has 4 N–H and O–H groups in total. The number of carbonyl (C=O) groups excluding carboxylic acids is 2. The first-order valence-corrected chi connectivity index (χ1v) is 17.3. The quantitative estimate of drug-likeness (QED) is 0.0575. The second-order valence-corrected chi connectivity index (χ2v) is 13.0. The van der Waals surface area contributed by atoms with Crippen molar-refractivity contribution < 1.29 is 29.4 Å². The molecule has 1 aliphatic heterocycles. The molecule has 1 saturated heterocycles. The highest BCUT2D eigenvalue weighted by atomic mass is 16.7. The molecule has 5 rings (SSSR count). The van der Waals surface area contributed by atoms with Gasteiger partial charge in [-0.25, -0.2) is 5.48 Å². The first-order valence-electron chi connectivity index (χ1n) is 17.3. The molecule has 4 aromatic carbocycles. The van der Waals surface area contributed by atoms with Crippen LogP contribution in [-0.4, -0.2) is 46.7 Å². The Labute approximate surface area is 289 Å². The third-order valence-corrected chi connectivity index (χ3v) is 9.45. The van der Waals surface area contributed by atoms with Crippen LogP contribution in [0.2, 0.25) is 0 Å². The SMILES string of the molecule is C[C@H](c1ccc2ccccc2c1)N(C)C[C@H]1C[C@@H](c2ccc(CO)cc2)O[C@@H](c2ccc(CNC(=O)CCCCCCC(=O)NO)cc2)O1. The Hall–Kier alpha value is -4.12. The predicted molar refractivity (Wildman–Crippen MR) is 189 cm³/mol. The normalized spacial score (nSPS) is 18.3. The summed E-state index contributed by atoms with van der Waals surface area (Å²) >= 11 is 0. The monoisotopic (exact) mass is 667 g/mol. The number of benzene rings is 4. The summed E-state index contributed by atoms with van der Waals surface area (Å²) in [6.07, 6.45) is 3.74. The van der Waals surface area contributed by atoms with E-state index in [4.69, 9.17) is 14.7 Å². The molecule has 9 nitrogen and oxygen atoms in total. The minimum absolute atomic E-state index is 0.00217. The van der Waals surface area contributed by atoms with Crippen molar-refractivity contribution in [1.29, 1.82) is 0 Å². The first-order chi connectivity index (χ1) is 23.8. The van der Waals surface area contributed by atoms with Gasteiger partial charge in [-0.3, -0.25) is 19.7 Å². The summed E-state index contributed by atoms with van der Waals surface area (Å²) in [5, 5.41) is 23.6. The van der Waals surface area contributed by atoms with Crippen LogP contribution in [0.1, 0.15) is 98.1 Å². The number of hydrogen-bond acceptors (Lipinski definition) is 7. The van der Waals surface area contributed by atoms with E-state index in [2.05, 4.69) is 66.7 Å². The van der Waals surface area contributed by atoms with E-state index in [0.29, 0.717) is 25.8 Å². The maximum atomic E-state index is 12.4. The van der Waals surface area contributed by atoms with Gasteiger partial charge in [0.1, 0.15) is 0 Å². The number of ether oxygens (including phenoxy) is 2. The van der Waals surface area contributed by atoms with Crippen molar-refractivity contribution in [2.24, 2.45) is 0 Å². The molecule has 260 valence electrons. The average molecular weight is 668 g/mol. The van der Waals surface area contributed by atoms with Crippen molar-refractivity contribution in [3.8, 4) is 0 Å². The number of nitrogens with zero attached hydrogens (tertiary/aromatic N) is 1. The zero-order valence-electron chi connectivity index (χ0n) is 28.5. The van der Waals surface area contributed by atoms with Gasteiger partial charge >= 0.3 is 0 Å². The van der Waals surface area contributed by atoms with E-state index in [-0.39, 0.29) is 43.1 Å². The summed E-state index contributed by atoms with van der Waals surface area (Å²) in [7, 11) is 2.14. The zero-order chi connectivity index (χ0) is 34.6. The molecule has 0 aliphatic carbocycles. The van der Waals surface area contributed by atoms with E-state index in [9.17, 15) is 14.7 Å². The fourth-order valence-electron chi connectivity index (χ4n) is 6.30. The van der Waals surface area contributed by atoms with Gasteiger partial charge in [0.15, 0.2) is 6.29 Å². The second-order valence-electron chi connectivity index (χ2n) is 13.0. The van der Waals surface area contributed by atoms with Gasteiger partial charge in [0.05, 0.1) is 18.8 Å². The third kappa shape index (κ3) is 10.4. The number of hydrogen-bond donors (Lipinski definition) is 4. The molecule has 0 spiro atoms. The van der Waals surface area contributed by atoms with E-state index in [1.165, 1.54) is 16.3 Å². The van der Waals surface area contributed by atoms with E-state index in [1.807, 2.05) is 48.5 Å². The maximum Gasteiger partial charge on any atom is 0.243 e. The van der Waals surface area contributed by atoms with Gasteiger partial charge < -0.3 is 19.9 Å². The number of nitrogens with one attached hydrogen (secondary N) is 2. The number of fused-ring (bicyclic) bond motifs is 1. The molecule has 0 bridgehead atoms. The lowest BCUT2D eigenvalue weighted by Gasteiger charge is -2.39. The van der Waals surface area contributed by atoms with Crippen LogP contribution in [0, 0.1) is 0 Å². The lowest BCUT2D eigenvalue weighted by atomic mass is 9.98. The molecule has 0 radical (unpaired) electrons. The number of amides is 2. The van der Waals surface area contributed by atoms with Gasteiger partial charge in [-0.1, -0.05) is 97.8 Å². The maximum absolute atomic E-state index is 12.4. The molecule has 0 saturated carbocycles. The van der Waals surface area contributed by atoms with Gasteiger partial charge in [-0.2, -0.15) is 0 Å². The standard InChI is InChI=1S/C40H49N3O6/c1-28(34-22-21-31-9-7-8-10-35(31)23-34)43(2)26-36-24-37(32-17-15-30(27-44)16-18-32)49-40(48-36)33-19-13-29(14-20-33)25-41-38(45)11-5-3-4-6-12-39(46)42-47/h7-10,13-23,28,36-37,40,44,47H,3-6,11-12,24-27H2,1-2H3,(H,41,45)(H,42,46)/t28-,36-,37+,40+/m1/s1. The number of aliphatic hydroxyl groups is 1. The van der Waals surface area contributed by atoms with Crippen molar-refractivity contribution in [3.05, 3.63) is 119 Å². The van der Waals surface area contributed by atoms with E-state index >= 15 is 0 Å². The van der Waals surface area contributed by atoms with Gasteiger partial charge in [0.2, 0.25) is 11.8 Å². The number of likely N-dealkylation sites (N-methyl/N-ethyl adjacent to an activating group) is 1. The van der Waals surface area contributed by atoms with E-state index in [1.54, 1.807) is 5.48 Å². The molecule has 1 fully saturated rings. The summed E-state index contributed by atoms with van der Waals surface area (Å²) in [6, 6.07) is 31.2. The zero-order valence-corrected chi connectivity index (χ0v) is 28.5. The number of rotatable bonds is 16. The first kappa shape index (κ1) is 36.2. The Morgan fingerprint density at radius 3 is 2.16 bits per heavy atom. The molecule has 1 heterocycles. The van der Waals surface area contributed by atoms with Crippen molar-refractivity contribution in [2.75, 3.05) is 13.6 Å². The van der Waals surface area contributed by atoms with Gasteiger partial charge in [-0.15, -0.1) is 0 Å². The van der Waals surface area contributed by atoms with Crippen molar-refractivity contribution in [2.45, 2.75) is 89.6 Å². The molecule has 1 aliphatic rings. The second kappa shape index (κ2) is 18.0. The number of hydroxylamine groups is 1. The Morgan fingerprint density at radius 2 is 1.47 bits per heavy atom. The summed E-state index contributed by atoms with van der Waals surface area (Å²) in [6.45, 7) is 3.38. The Morgan fingerprint density at radius 1 is 0.816 bits per heavy atom. The van der Waals surface area contributed by atoms with Gasteiger partial charge in [0.25, 0.3) is 0 Å². The number of carbonyl (C=O) groups is 2. The Kier molecular flexibility index (Phi) is 13.3. The van der Waals surface area contributed by atoms with Crippen LogP contribution in [0.15, 0.2) is 91.0 Å². The summed E-state index contributed by atoms with van der Waals surface area (Å²) in [4.78, 5) is 25.8. The van der Waals surface area contributed by atoms with Gasteiger partial charge in [-0.05, 0) is 65.9 Å². The molecular weight excluding hydrogens is 618 g/mol. The van der Waals surface area contributed by atoms with Crippen LogP contribution < -0.4 is 10.8 Å². The van der Waals surface area contributed by atoms with Crippen LogP contribution in [0.3, 0.4) is 0 Å². The van der Waals surface area contributed by atoms with Crippen molar-refractivity contribution in [1.82, 2.24) is 15.7 Å². The Balaban J connectivity index is 1.19. The molecule has 49 heavy (non-hydrogen) atoms.